The normalized spacial score (nSPS) is 14.0. The number of carbonyl (C=O) groups excluding carboxylic acids is 1. The maximum absolute atomic E-state index is 12.5. The summed E-state index contributed by atoms with van der Waals surface area (Å²) in [6, 6.07) is 9.81. The molecule has 1 aliphatic rings. The minimum Gasteiger partial charge on any atom is -0.346 e. The molecule has 3 aromatic rings. The van der Waals surface area contributed by atoms with Gasteiger partial charge in [0.15, 0.2) is 0 Å². The van der Waals surface area contributed by atoms with Crippen LogP contribution in [0.5, 0.6) is 0 Å². The Morgan fingerprint density at radius 2 is 1.96 bits per heavy atom. The van der Waals surface area contributed by atoms with Gasteiger partial charge in [0.05, 0.1) is 17.1 Å². The summed E-state index contributed by atoms with van der Waals surface area (Å²) in [6.45, 7) is 0.270. The van der Waals surface area contributed by atoms with Crippen LogP contribution >= 0.6 is 11.3 Å². The number of rotatable bonds is 7. The summed E-state index contributed by atoms with van der Waals surface area (Å²) in [7, 11) is -3.59. The van der Waals surface area contributed by atoms with Crippen LogP contribution in [0.25, 0.3) is 11.3 Å². The van der Waals surface area contributed by atoms with E-state index in [1.54, 1.807) is 24.5 Å². The smallest absolute Gasteiger partial charge is 0.251 e. The molecule has 7 nitrogen and oxygen atoms in total. The number of benzene rings is 1. The number of carbonyl (C=O) groups is 1. The van der Waals surface area contributed by atoms with E-state index in [2.05, 4.69) is 20.0 Å². The highest BCUT2D eigenvalue weighted by Crippen LogP contribution is 2.23. The number of thiazole rings is 1. The van der Waals surface area contributed by atoms with Gasteiger partial charge in [-0.25, -0.2) is 18.1 Å². The Morgan fingerprint density at radius 3 is 2.71 bits per heavy atom. The third kappa shape index (κ3) is 4.44. The quantitative estimate of drug-likeness (QED) is 0.619. The van der Waals surface area contributed by atoms with Gasteiger partial charge in [-0.15, -0.1) is 11.3 Å². The third-order valence-electron chi connectivity index (χ3n) is 4.23. The average molecular weight is 415 g/mol. The zero-order chi connectivity index (χ0) is 19.6. The maximum atomic E-state index is 12.5. The lowest BCUT2D eigenvalue weighted by atomic mass is 10.2. The number of aromatic nitrogens is 2. The van der Waals surface area contributed by atoms with Gasteiger partial charge < -0.3 is 5.32 Å². The molecule has 0 unspecified atom stereocenters. The number of pyridine rings is 1. The van der Waals surface area contributed by atoms with Gasteiger partial charge in [0.1, 0.15) is 5.01 Å². The number of sulfonamides is 1. The van der Waals surface area contributed by atoms with E-state index in [0.717, 1.165) is 29.1 Å². The summed E-state index contributed by atoms with van der Waals surface area (Å²) in [6.07, 6.45) is 5.12. The topological polar surface area (TPSA) is 101 Å². The van der Waals surface area contributed by atoms with Crippen LogP contribution in [0.2, 0.25) is 0 Å². The molecule has 4 rings (SSSR count). The minimum absolute atomic E-state index is 0.0157. The van der Waals surface area contributed by atoms with Crippen molar-refractivity contribution < 1.29 is 13.2 Å². The fourth-order valence-electron chi connectivity index (χ4n) is 2.60. The molecule has 1 aromatic carbocycles. The molecule has 0 atom stereocenters. The summed E-state index contributed by atoms with van der Waals surface area (Å²) in [5.41, 5.74) is 2.09. The lowest BCUT2D eigenvalue weighted by Gasteiger charge is -2.08. The Balaban J connectivity index is 1.42. The first-order chi connectivity index (χ1) is 13.5. The van der Waals surface area contributed by atoms with Crippen molar-refractivity contribution in [1.29, 1.82) is 0 Å². The second kappa shape index (κ2) is 7.78. The molecule has 28 heavy (non-hydrogen) atoms. The molecule has 144 valence electrons. The van der Waals surface area contributed by atoms with Crippen molar-refractivity contribution in [3.05, 3.63) is 64.7 Å². The van der Waals surface area contributed by atoms with Crippen molar-refractivity contribution in [2.75, 3.05) is 0 Å². The zero-order valence-corrected chi connectivity index (χ0v) is 16.5. The highest BCUT2D eigenvalue weighted by molar-refractivity contribution is 7.89. The molecule has 2 N–H and O–H groups in total. The van der Waals surface area contributed by atoms with Crippen LogP contribution in [0.15, 0.2) is 59.1 Å². The lowest BCUT2D eigenvalue weighted by molar-refractivity contribution is 0.0950. The van der Waals surface area contributed by atoms with Crippen molar-refractivity contribution in [1.82, 2.24) is 20.0 Å². The molecule has 0 saturated heterocycles. The second-order valence-corrected chi connectivity index (χ2v) is 9.13. The van der Waals surface area contributed by atoms with E-state index in [4.69, 9.17) is 0 Å². The first kappa shape index (κ1) is 18.7. The summed E-state index contributed by atoms with van der Waals surface area (Å²) >= 11 is 1.45. The van der Waals surface area contributed by atoms with Gasteiger partial charge in [0.2, 0.25) is 10.0 Å². The van der Waals surface area contributed by atoms with E-state index < -0.39 is 10.0 Å². The maximum Gasteiger partial charge on any atom is 0.251 e. The summed E-state index contributed by atoms with van der Waals surface area (Å²) < 4.78 is 27.3. The minimum atomic E-state index is -3.59. The molecule has 0 spiro atoms. The molecule has 2 heterocycles. The summed E-state index contributed by atoms with van der Waals surface area (Å²) in [4.78, 5) is 21.0. The number of nitrogens with one attached hydrogen (secondary N) is 2. The molecule has 1 saturated carbocycles. The Bertz CT molecular complexity index is 1090. The van der Waals surface area contributed by atoms with Gasteiger partial charge in [-0.1, -0.05) is 6.07 Å². The van der Waals surface area contributed by atoms with E-state index in [1.165, 1.54) is 23.5 Å². The molecule has 0 aliphatic heterocycles. The van der Waals surface area contributed by atoms with Crippen LogP contribution in [-0.2, 0) is 16.6 Å². The SMILES string of the molecule is O=C(NCc1nc(-c2ccncc2)cs1)c1cccc(S(=O)(=O)NC2CC2)c1. The number of hydrogen-bond acceptors (Lipinski definition) is 6. The van der Waals surface area contributed by atoms with E-state index in [1.807, 2.05) is 17.5 Å². The molecular formula is C19H18N4O3S2. The lowest BCUT2D eigenvalue weighted by Crippen LogP contribution is -2.27. The van der Waals surface area contributed by atoms with E-state index in [-0.39, 0.29) is 23.4 Å². The molecule has 2 aromatic heterocycles. The molecule has 1 fully saturated rings. The fourth-order valence-corrected chi connectivity index (χ4v) is 4.69. The predicted molar refractivity (Wildman–Crippen MR) is 106 cm³/mol. The molecule has 1 aliphatic carbocycles. The molecule has 0 bridgehead atoms. The number of hydrogen-bond donors (Lipinski definition) is 2. The predicted octanol–water partition coefficient (Wildman–Crippen LogP) is 2.58. The van der Waals surface area contributed by atoms with Crippen LogP contribution in [0.3, 0.4) is 0 Å². The Morgan fingerprint density at radius 1 is 1.18 bits per heavy atom. The van der Waals surface area contributed by atoms with Crippen LogP contribution in [0, 0.1) is 0 Å². The molecular weight excluding hydrogens is 396 g/mol. The molecule has 0 radical (unpaired) electrons. The largest absolute Gasteiger partial charge is 0.346 e. The Hall–Kier alpha value is -2.62. The van der Waals surface area contributed by atoms with Crippen molar-refractivity contribution in [2.45, 2.75) is 30.3 Å². The van der Waals surface area contributed by atoms with Gasteiger partial charge in [0.25, 0.3) is 5.91 Å². The van der Waals surface area contributed by atoms with Gasteiger partial charge >= 0.3 is 0 Å². The fraction of sp³-hybridized carbons (Fsp3) is 0.211. The van der Waals surface area contributed by atoms with Gasteiger partial charge in [-0.2, -0.15) is 0 Å². The summed E-state index contributed by atoms with van der Waals surface area (Å²) in [5, 5.41) is 5.48. The van der Waals surface area contributed by atoms with Crippen LogP contribution < -0.4 is 10.0 Å². The van der Waals surface area contributed by atoms with Gasteiger partial charge in [0, 0.05) is 34.9 Å². The monoisotopic (exact) mass is 414 g/mol. The van der Waals surface area contributed by atoms with Crippen LogP contribution in [0.1, 0.15) is 28.2 Å². The highest BCUT2D eigenvalue weighted by atomic mass is 32.2. The van der Waals surface area contributed by atoms with Crippen molar-refractivity contribution in [3.63, 3.8) is 0 Å². The Kier molecular flexibility index (Phi) is 5.21. The highest BCUT2D eigenvalue weighted by Gasteiger charge is 2.28. The van der Waals surface area contributed by atoms with Crippen LogP contribution in [-0.4, -0.2) is 30.3 Å². The van der Waals surface area contributed by atoms with E-state index in [0.29, 0.717) is 5.56 Å². The number of nitrogens with zero attached hydrogens (tertiary/aromatic N) is 2. The zero-order valence-electron chi connectivity index (χ0n) is 14.8. The first-order valence-electron chi connectivity index (χ1n) is 8.77. The molecule has 1 amide bonds. The van der Waals surface area contributed by atoms with Crippen LogP contribution in [0.4, 0.5) is 0 Å². The van der Waals surface area contributed by atoms with Gasteiger partial charge in [-0.05, 0) is 43.2 Å². The van der Waals surface area contributed by atoms with E-state index in [9.17, 15) is 13.2 Å². The Labute approximate surface area is 166 Å². The van der Waals surface area contributed by atoms with E-state index >= 15 is 0 Å². The van der Waals surface area contributed by atoms with Crippen molar-refractivity contribution >= 4 is 27.3 Å². The average Bonchev–Trinajstić information content (AvgIpc) is 3.39. The second-order valence-electron chi connectivity index (χ2n) is 6.47. The van der Waals surface area contributed by atoms with Gasteiger partial charge in [-0.3, -0.25) is 9.78 Å². The van der Waals surface area contributed by atoms with Crippen molar-refractivity contribution in [2.24, 2.45) is 0 Å². The summed E-state index contributed by atoms with van der Waals surface area (Å²) in [5.74, 6) is -0.343. The third-order valence-corrected chi connectivity index (χ3v) is 6.60. The standard InChI is InChI=1S/C19H18N4O3S2/c24-19(14-2-1-3-16(10-14)28(25,26)23-15-4-5-15)21-11-18-22-17(12-27-18)13-6-8-20-9-7-13/h1-3,6-10,12,15,23H,4-5,11H2,(H,21,24). The molecule has 9 heteroatoms. The van der Waals surface area contributed by atoms with Crippen molar-refractivity contribution in [3.8, 4) is 11.3 Å². The number of amides is 1. The first-order valence-corrected chi connectivity index (χ1v) is 11.1.